The molecule has 0 spiro atoms. The number of nitrogens with zero attached hydrogens (tertiary/aromatic N) is 1. The Balaban J connectivity index is 2.97. The van der Waals surface area contributed by atoms with E-state index in [1.54, 1.807) is 6.92 Å². The molecule has 18 heavy (non-hydrogen) atoms. The molecule has 4 nitrogen and oxygen atoms in total. The molecule has 1 atom stereocenters. The molecule has 0 fully saturated rings. The molecule has 0 radical (unpaired) electrons. The Morgan fingerprint density at radius 1 is 1.50 bits per heavy atom. The van der Waals surface area contributed by atoms with E-state index in [2.05, 4.69) is 9.73 Å². The van der Waals surface area contributed by atoms with Crippen molar-refractivity contribution in [3.8, 4) is 0 Å². The van der Waals surface area contributed by atoms with Crippen molar-refractivity contribution < 1.29 is 23.1 Å². The van der Waals surface area contributed by atoms with E-state index in [0.717, 1.165) is 12.1 Å². The molecule has 0 heterocycles. The van der Waals surface area contributed by atoms with Crippen LogP contribution in [0.4, 0.5) is 8.78 Å². The van der Waals surface area contributed by atoms with Crippen molar-refractivity contribution in [3.05, 3.63) is 35.4 Å². The van der Waals surface area contributed by atoms with Gasteiger partial charge in [-0.3, -0.25) is 4.79 Å². The van der Waals surface area contributed by atoms with E-state index in [1.165, 1.54) is 6.08 Å². The number of esters is 1. The summed E-state index contributed by atoms with van der Waals surface area (Å²) < 4.78 is 30.9. The first-order chi connectivity index (χ1) is 8.58. The molecule has 1 rings (SSSR count). The molecule has 0 saturated heterocycles. The van der Waals surface area contributed by atoms with Gasteiger partial charge in [0.15, 0.2) is 0 Å². The zero-order valence-electron chi connectivity index (χ0n) is 9.65. The molecule has 0 aromatic heterocycles. The fourth-order valence-corrected chi connectivity index (χ4v) is 1.44. The predicted molar refractivity (Wildman–Crippen MR) is 58.5 cm³/mol. The Morgan fingerprint density at radius 3 is 2.78 bits per heavy atom. The van der Waals surface area contributed by atoms with Gasteiger partial charge in [-0.1, -0.05) is 6.07 Å². The fraction of sp³-hybridized carbons (Fsp3) is 0.333. The summed E-state index contributed by atoms with van der Waals surface area (Å²) in [6.07, 6.45) is 0.962. The third-order valence-electron chi connectivity index (χ3n) is 2.20. The number of isocyanates is 1. The maximum Gasteiger partial charge on any atom is 0.308 e. The number of hydrogen-bond acceptors (Lipinski definition) is 4. The lowest BCUT2D eigenvalue weighted by molar-refractivity contribution is -0.143. The maximum atomic E-state index is 13.5. The van der Waals surface area contributed by atoms with Gasteiger partial charge in [-0.25, -0.2) is 13.6 Å². The summed E-state index contributed by atoms with van der Waals surface area (Å²) in [5.41, 5.74) is -0.0483. The Hall–Kier alpha value is -2.07. The average Bonchev–Trinajstić information content (AvgIpc) is 2.29. The summed E-state index contributed by atoms with van der Waals surface area (Å²) in [6.45, 7) is 1.79. The summed E-state index contributed by atoms with van der Waals surface area (Å²) in [4.78, 5) is 24.9. The van der Waals surface area contributed by atoms with Crippen molar-refractivity contribution in [1.29, 1.82) is 0 Å². The van der Waals surface area contributed by atoms with Gasteiger partial charge in [-0.2, -0.15) is 4.99 Å². The van der Waals surface area contributed by atoms with Gasteiger partial charge in [0.2, 0.25) is 6.08 Å². The van der Waals surface area contributed by atoms with Crippen LogP contribution in [-0.4, -0.2) is 18.7 Å². The molecule has 6 heteroatoms. The van der Waals surface area contributed by atoms with Crippen LogP contribution in [0.1, 0.15) is 24.9 Å². The van der Waals surface area contributed by atoms with Gasteiger partial charge < -0.3 is 4.74 Å². The Labute approximate surface area is 102 Å². The third-order valence-corrected chi connectivity index (χ3v) is 2.20. The highest BCUT2D eigenvalue weighted by molar-refractivity contribution is 5.70. The third kappa shape index (κ3) is 3.75. The Morgan fingerprint density at radius 2 is 2.22 bits per heavy atom. The minimum atomic E-state index is -1.05. The zero-order chi connectivity index (χ0) is 13.5. The van der Waals surface area contributed by atoms with E-state index in [1.807, 2.05) is 0 Å². The number of halogens is 2. The van der Waals surface area contributed by atoms with Crippen LogP contribution in [-0.2, 0) is 14.3 Å². The molecule has 0 aliphatic rings. The molecule has 0 aliphatic carbocycles. The van der Waals surface area contributed by atoms with E-state index in [9.17, 15) is 18.4 Å². The number of benzene rings is 1. The van der Waals surface area contributed by atoms with Crippen LogP contribution in [0.25, 0.3) is 0 Å². The van der Waals surface area contributed by atoms with Crippen molar-refractivity contribution in [1.82, 2.24) is 0 Å². The minimum absolute atomic E-state index is 0.0483. The molecule has 0 saturated carbocycles. The highest BCUT2D eigenvalue weighted by atomic mass is 19.1. The van der Waals surface area contributed by atoms with E-state index in [4.69, 9.17) is 0 Å². The molecular weight excluding hydrogens is 244 g/mol. The van der Waals surface area contributed by atoms with Gasteiger partial charge in [0.25, 0.3) is 0 Å². The number of hydrogen-bond donors (Lipinski definition) is 0. The van der Waals surface area contributed by atoms with Crippen molar-refractivity contribution in [2.45, 2.75) is 19.4 Å². The van der Waals surface area contributed by atoms with Gasteiger partial charge in [-0.15, -0.1) is 0 Å². The number of aliphatic imine (C=N–C) groups is 1. The van der Waals surface area contributed by atoms with Gasteiger partial charge >= 0.3 is 5.97 Å². The smallest absolute Gasteiger partial charge is 0.308 e. The fourth-order valence-electron chi connectivity index (χ4n) is 1.44. The second kappa shape index (κ2) is 6.61. The van der Waals surface area contributed by atoms with E-state index < -0.39 is 23.6 Å². The van der Waals surface area contributed by atoms with Crippen LogP contribution in [0.3, 0.4) is 0 Å². The second-order valence-corrected chi connectivity index (χ2v) is 3.41. The molecule has 0 aliphatic heterocycles. The SMILES string of the molecule is CCOC(=O)C[C@H](N=C=O)c1ccc(F)cc1F. The van der Waals surface area contributed by atoms with Crippen LogP contribution in [0.5, 0.6) is 0 Å². The van der Waals surface area contributed by atoms with Crippen LogP contribution >= 0.6 is 0 Å². The Kier molecular flexibility index (Phi) is 5.14. The second-order valence-electron chi connectivity index (χ2n) is 3.41. The highest BCUT2D eigenvalue weighted by Gasteiger charge is 2.20. The van der Waals surface area contributed by atoms with Crippen LogP contribution < -0.4 is 0 Å². The van der Waals surface area contributed by atoms with E-state index >= 15 is 0 Å². The normalized spacial score (nSPS) is 11.5. The van der Waals surface area contributed by atoms with Crippen molar-refractivity contribution >= 4 is 12.0 Å². The van der Waals surface area contributed by atoms with Crippen LogP contribution in [0.2, 0.25) is 0 Å². The first-order valence-electron chi connectivity index (χ1n) is 5.26. The standard InChI is InChI=1S/C12H11F2NO3/c1-2-18-12(17)6-11(15-7-16)9-4-3-8(13)5-10(9)14/h3-5,11H,2,6H2,1H3/t11-/m0/s1. The molecular formula is C12H11F2NO3. The Bertz CT molecular complexity index is 484. The molecule has 1 aromatic rings. The summed E-state index contributed by atoms with van der Waals surface area (Å²) in [7, 11) is 0. The van der Waals surface area contributed by atoms with Gasteiger partial charge in [-0.05, 0) is 13.0 Å². The first-order valence-corrected chi connectivity index (χ1v) is 5.26. The lowest BCUT2D eigenvalue weighted by Crippen LogP contribution is -2.10. The number of carbonyl (C=O) groups excluding carboxylic acids is 2. The van der Waals surface area contributed by atoms with E-state index in [0.29, 0.717) is 6.07 Å². The predicted octanol–water partition coefficient (Wildman–Crippen LogP) is 2.29. The largest absolute Gasteiger partial charge is 0.466 e. The lowest BCUT2D eigenvalue weighted by atomic mass is 10.0. The van der Waals surface area contributed by atoms with E-state index in [-0.39, 0.29) is 18.6 Å². The topological polar surface area (TPSA) is 55.7 Å². The van der Waals surface area contributed by atoms with Crippen molar-refractivity contribution in [3.63, 3.8) is 0 Å². The first kappa shape index (κ1) is 14.0. The quantitative estimate of drug-likeness (QED) is 0.461. The number of carbonyl (C=O) groups is 1. The molecule has 0 bridgehead atoms. The van der Waals surface area contributed by atoms with Gasteiger partial charge in [0, 0.05) is 11.6 Å². The number of ether oxygens (including phenoxy) is 1. The van der Waals surface area contributed by atoms with Crippen LogP contribution in [0.15, 0.2) is 23.2 Å². The molecule has 0 amide bonds. The maximum absolute atomic E-state index is 13.5. The lowest BCUT2D eigenvalue weighted by Gasteiger charge is -2.11. The van der Waals surface area contributed by atoms with Crippen LogP contribution in [0, 0.1) is 11.6 Å². The zero-order valence-corrected chi connectivity index (χ0v) is 9.65. The molecule has 0 unspecified atom stereocenters. The van der Waals surface area contributed by atoms with Gasteiger partial charge in [0.1, 0.15) is 17.7 Å². The highest BCUT2D eigenvalue weighted by Crippen LogP contribution is 2.24. The minimum Gasteiger partial charge on any atom is -0.466 e. The molecule has 1 aromatic carbocycles. The van der Waals surface area contributed by atoms with Crippen molar-refractivity contribution in [2.24, 2.45) is 4.99 Å². The average molecular weight is 255 g/mol. The van der Waals surface area contributed by atoms with Gasteiger partial charge in [0.05, 0.1) is 13.0 Å². The van der Waals surface area contributed by atoms with Crippen molar-refractivity contribution in [2.75, 3.05) is 6.61 Å². The monoisotopic (exact) mass is 255 g/mol. The molecule has 96 valence electrons. The summed E-state index contributed by atoms with van der Waals surface area (Å²) in [6, 6.07) is 1.77. The summed E-state index contributed by atoms with van der Waals surface area (Å²) >= 11 is 0. The molecule has 0 N–H and O–H groups in total. The number of rotatable bonds is 5. The summed E-state index contributed by atoms with van der Waals surface area (Å²) in [5, 5.41) is 0. The summed E-state index contributed by atoms with van der Waals surface area (Å²) in [5.74, 6) is -2.24.